The number of rotatable bonds is 5. The average molecular weight is 295 g/mol. The average Bonchev–Trinajstić information content (AvgIpc) is 2.92. The first kappa shape index (κ1) is 14.9. The summed E-state index contributed by atoms with van der Waals surface area (Å²) in [5, 5.41) is 6.12. The van der Waals surface area contributed by atoms with E-state index in [2.05, 4.69) is 10.6 Å². The molecule has 20 heavy (non-hydrogen) atoms. The number of hydrogen-bond acceptors (Lipinski definition) is 2. The second kappa shape index (κ2) is 7.29. The highest BCUT2D eigenvalue weighted by atomic mass is 35.5. The van der Waals surface area contributed by atoms with Crippen molar-refractivity contribution in [3.63, 3.8) is 0 Å². The van der Waals surface area contributed by atoms with Gasteiger partial charge in [-0.2, -0.15) is 0 Å². The number of hydrogen-bond donors (Lipinski definition) is 2. The van der Waals surface area contributed by atoms with E-state index in [1.807, 2.05) is 0 Å². The van der Waals surface area contributed by atoms with Gasteiger partial charge in [-0.3, -0.25) is 9.59 Å². The Labute approximate surface area is 123 Å². The molecule has 0 unspecified atom stereocenters. The molecule has 2 rings (SSSR count). The number of carbonyl (C=O) groups is 2. The van der Waals surface area contributed by atoms with Crippen LogP contribution in [0.5, 0.6) is 0 Å². The summed E-state index contributed by atoms with van der Waals surface area (Å²) in [6.45, 7) is 0.322. The van der Waals surface area contributed by atoms with Crippen molar-refractivity contribution >= 4 is 23.4 Å². The van der Waals surface area contributed by atoms with Gasteiger partial charge in [0.15, 0.2) is 0 Å². The molecule has 1 aromatic carbocycles. The van der Waals surface area contributed by atoms with E-state index in [1.54, 1.807) is 24.3 Å². The minimum atomic E-state index is -0.246. The fourth-order valence-corrected chi connectivity index (χ4v) is 2.62. The summed E-state index contributed by atoms with van der Waals surface area (Å²) in [4.78, 5) is 23.6. The summed E-state index contributed by atoms with van der Waals surface area (Å²) >= 11 is 5.93. The second-order valence-corrected chi connectivity index (χ2v) is 5.44. The second-order valence-electron chi connectivity index (χ2n) is 5.03. The van der Waals surface area contributed by atoms with Gasteiger partial charge in [-0.1, -0.05) is 36.6 Å². The monoisotopic (exact) mass is 294 g/mol. The third kappa shape index (κ3) is 4.23. The van der Waals surface area contributed by atoms with Gasteiger partial charge in [-0.15, -0.1) is 0 Å². The summed E-state index contributed by atoms with van der Waals surface area (Å²) in [7, 11) is 0. The SMILES string of the molecule is O=C(CCNC(=O)c1ccccc1Cl)NC1CCCC1. The highest BCUT2D eigenvalue weighted by Gasteiger charge is 2.17. The first-order valence-electron chi connectivity index (χ1n) is 6.99. The van der Waals surface area contributed by atoms with E-state index in [4.69, 9.17) is 11.6 Å². The topological polar surface area (TPSA) is 58.2 Å². The summed E-state index contributed by atoms with van der Waals surface area (Å²) in [6, 6.07) is 7.18. The molecule has 2 N–H and O–H groups in total. The van der Waals surface area contributed by atoms with Crippen molar-refractivity contribution < 1.29 is 9.59 Å². The lowest BCUT2D eigenvalue weighted by atomic mass is 10.2. The predicted octanol–water partition coefficient (Wildman–Crippen LogP) is 2.52. The number of halogens is 1. The van der Waals surface area contributed by atoms with Crippen LogP contribution in [-0.4, -0.2) is 24.4 Å². The quantitative estimate of drug-likeness (QED) is 0.877. The van der Waals surface area contributed by atoms with Gasteiger partial charge >= 0.3 is 0 Å². The highest BCUT2D eigenvalue weighted by molar-refractivity contribution is 6.33. The molecule has 0 radical (unpaired) electrons. The van der Waals surface area contributed by atoms with E-state index < -0.39 is 0 Å². The van der Waals surface area contributed by atoms with Crippen LogP contribution in [0, 0.1) is 0 Å². The molecule has 1 fully saturated rings. The van der Waals surface area contributed by atoms with E-state index in [0.29, 0.717) is 29.6 Å². The van der Waals surface area contributed by atoms with Gasteiger partial charge in [-0.05, 0) is 25.0 Å². The van der Waals surface area contributed by atoms with Crippen LogP contribution in [0.15, 0.2) is 24.3 Å². The summed E-state index contributed by atoms with van der Waals surface area (Å²) in [5.41, 5.74) is 0.436. The fraction of sp³-hybridized carbons (Fsp3) is 0.467. The normalized spacial score (nSPS) is 15.1. The van der Waals surface area contributed by atoms with Crippen LogP contribution in [0.1, 0.15) is 42.5 Å². The van der Waals surface area contributed by atoms with Crippen LogP contribution in [0.2, 0.25) is 5.02 Å². The molecule has 5 heteroatoms. The maximum atomic E-state index is 11.9. The molecule has 0 saturated heterocycles. The van der Waals surface area contributed by atoms with Crippen molar-refractivity contribution in [3.8, 4) is 0 Å². The van der Waals surface area contributed by atoms with Crippen molar-refractivity contribution in [1.29, 1.82) is 0 Å². The highest BCUT2D eigenvalue weighted by Crippen LogP contribution is 2.17. The Morgan fingerprint density at radius 3 is 2.60 bits per heavy atom. The van der Waals surface area contributed by atoms with E-state index in [0.717, 1.165) is 12.8 Å². The molecule has 0 atom stereocenters. The first-order chi connectivity index (χ1) is 9.66. The number of benzene rings is 1. The third-order valence-corrected chi connectivity index (χ3v) is 3.81. The lowest BCUT2D eigenvalue weighted by molar-refractivity contribution is -0.121. The minimum absolute atomic E-state index is 0.00337. The molecule has 2 amide bonds. The van der Waals surface area contributed by atoms with Gasteiger partial charge in [0.1, 0.15) is 0 Å². The Hall–Kier alpha value is -1.55. The fourth-order valence-electron chi connectivity index (χ4n) is 2.40. The van der Waals surface area contributed by atoms with Gasteiger partial charge in [0.25, 0.3) is 5.91 Å². The van der Waals surface area contributed by atoms with Crippen molar-refractivity contribution in [2.24, 2.45) is 0 Å². The maximum absolute atomic E-state index is 11.9. The van der Waals surface area contributed by atoms with Gasteiger partial charge in [0.05, 0.1) is 10.6 Å². The van der Waals surface area contributed by atoms with Crippen LogP contribution < -0.4 is 10.6 Å². The van der Waals surface area contributed by atoms with E-state index in [-0.39, 0.29) is 11.8 Å². The standard InChI is InChI=1S/C15H19ClN2O2/c16-13-8-4-3-7-12(13)15(20)17-10-9-14(19)18-11-5-1-2-6-11/h3-4,7-8,11H,1-2,5-6,9-10H2,(H,17,20)(H,18,19). The Balaban J connectivity index is 1.71. The zero-order valence-electron chi connectivity index (χ0n) is 11.3. The molecule has 0 aromatic heterocycles. The molecule has 1 aromatic rings. The van der Waals surface area contributed by atoms with Crippen LogP contribution in [0.25, 0.3) is 0 Å². The van der Waals surface area contributed by atoms with Crippen molar-refractivity contribution in [2.75, 3.05) is 6.54 Å². The summed E-state index contributed by atoms with van der Waals surface area (Å²) in [6.07, 6.45) is 4.81. The molecule has 0 bridgehead atoms. The van der Waals surface area contributed by atoms with E-state index in [9.17, 15) is 9.59 Å². The van der Waals surface area contributed by atoms with Crippen LogP contribution in [-0.2, 0) is 4.79 Å². The largest absolute Gasteiger partial charge is 0.353 e. The molecule has 0 aliphatic heterocycles. The molecular weight excluding hydrogens is 276 g/mol. The van der Waals surface area contributed by atoms with Crippen molar-refractivity contribution in [3.05, 3.63) is 34.9 Å². The van der Waals surface area contributed by atoms with Crippen molar-refractivity contribution in [1.82, 2.24) is 10.6 Å². The predicted molar refractivity (Wildman–Crippen MR) is 78.8 cm³/mol. The van der Waals surface area contributed by atoms with Gasteiger partial charge < -0.3 is 10.6 Å². The van der Waals surface area contributed by atoms with Crippen LogP contribution in [0.3, 0.4) is 0 Å². The van der Waals surface area contributed by atoms with Gasteiger partial charge in [0, 0.05) is 19.0 Å². The molecular formula is C15H19ClN2O2. The zero-order valence-corrected chi connectivity index (χ0v) is 12.1. The number of nitrogens with one attached hydrogen (secondary N) is 2. The first-order valence-corrected chi connectivity index (χ1v) is 7.36. The lowest BCUT2D eigenvalue weighted by Crippen LogP contribution is -2.35. The van der Waals surface area contributed by atoms with E-state index >= 15 is 0 Å². The van der Waals surface area contributed by atoms with Gasteiger partial charge in [-0.25, -0.2) is 0 Å². The Bertz CT molecular complexity index is 485. The Kier molecular flexibility index (Phi) is 5.41. The number of amides is 2. The van der Waals surface area contributed by atoms with Crippen LogP contribution >= 0.6 is 11.6 Å². The molecule has 1 aliphatic rings. The molecule has 4 nitrogen and oxygen atoms in total. The van der Waals surface area contributed by atoms with Crippen LogP contribution in [0.4, 0.5) is 0 Å². The third-order valence-electron chi connectivity index (χ3n) is 3.48. The smallest absolute Gasteiger partial charge is 0.252 e. The minimum Gasteiger partial charge on any atom is -0.353 e. The Morgan fingerprint density at radius 2 is 1.90 bits per heavy atom. The molecule has 1 aliphatic carbocycles. The molecule has 0 spiro atoms. The van der Waals surface area contributed by atoms with E-state index in [1.165, 1.54) is 12.8 Å². The Morgan fingerprint density at radius 1 is 1.20 bits per heavy atom. The maximum Gasteiger partial charge on any atom is 0.252 e. The van der Waals surface area contributed by atoms with Crippen molar-refractivity contribution in [2.45, 2.75) is 38.1 Å². The number of carbonyl (C=O) groups excluding carboxylic acids is 2. The summed E-state index contributed by atoms with van der Waals surface area (Å²) in [5.74, 6) is -0.249. The zero-order chi connectivity index (χ0) is 14.4. The lowest BCUT2D eigenvalue weighted by Gasteiger charge is -2.12. The molecule has 0 heterocycles. The summed E-state index contributed by atoms with van der Waals surface area (Å²) < 4.78 is 0. The van der Waals surface area contributed by atoms with Gasteiger partial charge in [0.2, 0.25) is 5.91 Å². The molecule has 1 saturated carbocycles. The molecule has 108 valence electrons.